The van der Waals surface area contributed by atoms with Gasteiger partial charge in [-0.15, -0.1) is 0 Å². The number of rotatable bonds is 3. The van der Waals surface area contributed by atoms with Crippen LogP contribution in [0.5, 0.6) is 0 Å². The van der Waals surface area contributed by atoms with Gasteiger partial charge in [0.15, 0.2) is 0 Å². The maximum absolute atomic E-state index is 11.7. The van der Waals surface area contributed by atoms with E-state index in [-0.39, 0.29) is 6.09 Å². The molecule has 0 saturated carbocycles. The van der Waals surface area contributed by atoms with Crippen LogP contribution in [0.2, 0.25) is 0 Å². The van der Waals surface area contributed by atoms with Crippen molar-refractivity contribution < 1.29 is 9.53 Å². The normalized spacial score (nSPS) is 17.9. The monoisotopic (exact) mass is 302 g/mol. The number of ether oxygens (including phenoxy) is 1. The van der Waals surface area contributed by atoms with Crippen molar-refractivity contribution in [1.82, 2.24) is 10.3 Å². The van der Waals surface area contributed by atoms with E-state index in [1.807, 2.05) is 20.8 Å². The van der Waals surface area contributed by atoms with Crippen LogP contribution >= 0.6 is 0 Å². The Morgan fingerprint density at radius 3 is 3.05 bits per heavy atom. The van der Waals surface area contributed by atoms with E-state index in [1.165, 1.54) is 0 Å². The summed E-state index contributed by atoms with van der Waals surface area (Å²) in [6.07, 6.45) is 2.25. The first-order valence-electron chi connectivity index (χ1n) is 7.45. The smallest absolute Gasteiger partial charge is 0.407 e. The van der Waals surface area contributed by atoms with Crippen LogP contribution in [0.4, 0.5) is 10.6 Å². The molecule has 1 amide bonds. The summed E-state index contributed by atoms with van der Waals surface area (Å²) in [7, 11) is 0. The predicted molar refractivity (Wildman–Crippen MR) is 83.5 cm³/mol. The van der Waals surface area contributed by atoms with Crippen molar-refractivity contribution in [2.24, 2.45) is 5.92 Å². The summed E-state index contributed by atoms with van der Waals surface area (Å²) in [4.78, 5) is 18.1. The van der Waals surface area contributed by atoms with Crippen LogP contribution in [0.25, 0.3) is 0 Å². The molecule has 6 nitrogen and oxygen atoms in total. The fraction of sp³-hybridized carbons (Fsp3) is 0.562. The van der Waals surface area contributed by atoms with Crippen LogP contribution in [-0.2, 0) is 4.74 Å². The molecule has 1 aliphatic rings. The number of aromatic nitrogens is 1. The van der Waals surface area contributed by atoms with E-state index < -0.39 is 5.60 Å². The number of nitriles is 1. The Balaban J connectivity index is 1.83. The molecule has 6 heteroatoms. The quantitative estimate of drug-likeness (QED) is 0.927. The summed E-state index contributed by atoms with van der Waals surface area (Å²) in [6, 6.07) is 5.61. The lowest BCUT2D eigenvalue weighted by atomic mass is 10.1. The number of hydrogen-bond donors (Lipinski definition) is 1. The Hall–Kier alpha value is -2.29. The van der Waals surface area contributed by atoms with Crippen molar-refractivity contribution >= 4 is 11.9 Å². The van der Waals surface area contributed by atoms with Crippen molar-refractivity contribution in [3.05, 3.63) is 23.9 Å². The standard InChI is InChI=1S/C16H22N4O2/c1-16(2,3)22-15(21)19-10-13-5-7-20(11-13)14-8-12(9-17)4-6-18-14/h4,6,8,13H,5,7,10-11H2,1-3H3,(H,19,21)/t13-/m0/s1. The molecule has 0 aliphatic carbocycles. The second-order valence-corrected chi connectivity index (χ2v) is 6.50. The van der Waals surface area contributed by atoms with Crippen LogP contribution in [0.3, 0.4) is 0 Å². The molecule has 1 atom stereocenters. The SMILES string of the molecule is CC(C)(C)OC(=O)NC[C@@H]1CCN(c2cc(C#N)ccn2)C1. The van der Waals surface area contributed by atoms with Crippen LogP contribution in [-0.4, -0.2) is 36.3 Å². The highest BCUT2D eigenvalue weighted by Gasteiger charge is 2.25. The summed E-state index contributed by atoms with van der Waals surface area (Å²) in [5.41, 5.74) is 0.133. The van der Waals surface area contributed by atoms with Gasteiger partial charge in [-0.2, -0.15) is 5.26 Å². The number of anilines is 1. The number of pyridine rings is 1. The average molecular weight is 302 g/mol. The molecule has 2 rings (SSSR count). The molecule has 2 heterocycles. The first kappa shape index (κ1) is 16.1. The summed E-state index contributed by atoms with van der Waals surface area (Å²) in [5, 5.41) is 11.8. The van der Waals surface area contributed by atoms with E-state index in [4.69, 9.17) is 10.00 Å². The van der Waals surface area contributed by atoms with E-state index in [9.17, 15) is 4.79 Å². The van der Waals surface area contributed by atoms with Crippen molar-refractivity contribution in [3.63, 3.8) is 0 Å². The average Bonchev–Trinajstić information content (AvgIpc) is 2.92. The molecular weight excluding hydrogens is 280 g/mol. The molecule has 1 fully saturated rings. The van der Waals surface area contributed by atoms with E-state index >= 15 is 0 Å². The zero-order chi connectivity index (χ0) is 16.2. The van der Waals surface area contributed by atoms with Gasteiger partial charge < -0.3 is 15.0 Å². The minimum absolute atomic E-state index is 0.361. The Labute approximate surface area is 131 Å². The third-order valence-corrected chi connectivity index (χ3v) is 3.42. The van der Waals surface area contributed by atoms with E-state index in [1.54, 1.807) is 18.3 Å². The first-order valence-corrected chi connectivity index (χ1v) is 7.45. The third kappa shape index (κ3) is 4.62. The van der Waals surface area contributed by atoms with Gasteiger partial charge in [0.1, 0.15) is 11.4 Å². The maximum atomic E-state index is 11.7. The molecule has 1 saturated heterocycles. The fourth-order valence-electron chi connectivity index (χ4n) is 2.41. The van der Waals surface area contributed by atoms with Gasteiger partial charge in [0.2, 0.25) is 0 Å². The number of carbonyl (C=O) groups excluding carboxylic acids is 1. The lowest BCUT2D eigenvalue weighted by molar-refractivity contribution is 0.0520. The first-order chi connectivity index (χ1) is 10.4. The fourth-order valence-corrected chi connectivity index (χ4v) is 2.41. The van der Waals surface area contributed by atoms with Crippen LogP contribution in [0.15, 0.2) is 18.3 Å². The number of nitrogens with zero attached hydrogens (tertiary/aromatic N) is 3. The predicted octanol–water partition coefficient (Wildman–Crippen LogP) is 2.30. The van der Waals surface area contributed by atoms with Crippen molar-refractivity contribution in [2.45, 2.75) is 32.8 Å². The van der Waals surface area contributed by atoms with Gasteiger partial charge in [-0.1, -0.05) is 0 Å². The minimum Gasteiger partial charge on any atom is -0.444 e. The van der Waals surface area contributed by atoms with Gasteiger partial charge in [-0.25, -0.2) is 9.78 Å². The van der Waals surface area contributed by atoms with Gasteiger partial charge >= 0.3 is 6.09 Å². The van der Waals surface area contributed by atoms with E-state index in [0.717, 1.165) is 25.3 Å². The number of alkyl carbamates (subject to hydrolysis) is 1. The molecule has 22 heavy (non-hydrogen) atoms. The molecule has 0 unspecified atom stereocenters. The second kappa shape index (κ2) is 6.65. The van der Waals surface area contributed by atoms with Gasteiger partial charge in [0.25, 0.3) is 0 Å². The number of hydrogen-bond acceptors (Lipinski definition) is 5. The topological polar surface area (TPSA) is 78.2 Å². The molecule has 1 aromatic rings. The van der Waals surface area contributed by atoms with Crippen molar-refractivity contribution in [1.29, 1.82) is 5.26 Å². The number of nitrogens with one attached hydrogen (secondary N) is 1. The Kier molecular flexibility index (Phi) is 4.86. The molecule has 1 aromatic heterocycles. The molecular formula is C16H22N4O2. The third-order valence-electron chi connectivity index (χ3n) is 3.42. The zero-order valence-corrected chi connectivity index (χ0v) is 13.3. The van der Waals surface area contributed by atoms with Crippen LogP contribution in [0, 0.1) is 17.2 Å². The molecule has 118 valence electrons. The lowest BCUT2D eigenvalue weighted by Crippen LogP contribution is -2.36. The van der Waals surface area contributed by atoms with Crippen LogP contribution < -0.4 is 10.2 Å². The lowest BCUT2D eigenvalue weighted by Gasteiger charge is -2.21. The van der Waals surface area contributed by atoms with E-state index in [2.05, 4.69) is 21.3 Å². The van der Waals surface area contributed by atoms with Gasteiger partial charge in [-0.05, 0) is 45.2 Å². The van der Waals surface area contributed by atoms with E-state index in [0.29, 0.717) is 18.0 Å². The summed E-state index contributed by atoms with van der Waals surface area (Å²) in [5.74, 6) is 1.18. The highest BCUT2D eigenvalue weighted by Crippen LogP contribution is 2.22. The highest BCUT2D eigenvalue weighted by atomic mass is 16.6. The Morgan fingerprint density at radius 2 is 2.36 bits per heavy atom. The van der Waals surface area contributed by atoms with Crippen LogP contribution in [0.1, 0.15) is 32.8 Å². The molecule has 0 aromatic carbocycles. The van der Waals surface area contributed by atoms with Gasteiger partial charge in [-0.3, -0.25) is 0 Å². The summed E-state index contributed by atoms with van der Waals surface area (Å²) in [6.45, 7) is 7.82. The number of amides is 1. The number of carbonyl (C=O) groups is 1. The summed E-state index contributed by atoms with van der Waals surface area (Å²) < 4.78 is 5.23. The van der Waals surface area contributed by atoms with Crippen molar-refractivity contribution in [3.8, 4) is 6.07 Å². The van der Waals surface area contributed by atoms with Crippen molar-refractivity contribution in [2.75, 3.05) is 24.5 Å². The molecule has 1 N–H and O–H groups in total. The Bertz CT molecular complexity index is 574. The maximum Gasteiger partial charge on any atom is 0.407 e. The second-order valence-electron chi connectivity index (χ2n) is 6.50. The van der Waals surface area contributed by atoms with Gasteiger partial charge in [0.05, 0.1) is 11.6 Å². The molecule has 0 radical (unpaired) electrons. The molecule has 1 aliphatic heterocycles. The highest BCUT2D eigenvalue weighted by molar-refractivity contribution is 5.67. The summed E-state index contributed by atoms with van der Waals surface area (Å²) >= 11 is 0. The largest absolute Gasteiger partial charge is 0.444 e. The minimum atomic E-state index is -0.479. The molecule has 0 spiro atoms. The molecule has 0 bridgehead atoms. The zero-order valence-electron chi connectivity index (χ0n) is 13.3. The Morgan fingerprint density at radius 1 is 1.59 bits per heavy atom. The van der Waals surface area contributed by atoms with Gasteiger partial charge in [0, 0.05) is 25.8 Å².